The van der Waals surface area contributed by atoms with Crippen molar-refractivity contribution in [1.82, 2.24) is 16.0 Å². The van der Waals surface area contributed by atoms with E-state index in [0.29, 0.717) is 12.8 Å². The van der Waals surface area contributed by atoms with Gasteiger partial charge < -0.3 is 150 Å². The second kappa shape index (κ2) is 44.7. The molecule has 1 aromatic rings. The Labute approximate surface area is 620 Å². The predicted molar refractivity (Wildman–Crippen MR) is 363 cm³/mol. The lowest BCUT2D eigenvalue weighted by Crippen LogP contribution is -2.71. The zero-order valence-corrected chi connectivity index (χ0v) is 60.5. The summed E-state index contributed by atoms with van der Waals surface area (Å²) in [6, 6.07) is -0.390. The van der Waals surface area contributed by atoms with Gasteiger partial charge in [-0.1, -0.05) is 96.8 Å². The predicted octanol–water partition coefficient (Wildman–Crippen LogP) is -3.38. The van der Waals surface area contributed by atoms with Gasteiger partial charge in [-0.2, -0.15) is 13.2 Å². The van der Waals surface area contributed by atoms with E-state index in [1.807, 2.05) is 0 Å². The second-order valence-electron chi connectivity index (χ2n) is 27.3. The maximum atomic E-state index is 13.6. The van der Waals surface area contributed by atoms with Gasteiger partial charge >= 0.3 is 5.51 Å². The Bertz CT molecular complexity index is 2850. The molecule has 4 amide bonds. The topological polar surface area (TPSA) is 549 Å². The molecule has 1 aromatic carbocycles. The third-order valence-electron chi connectivity index (χ3n) is 19.0. The number of unbranched alkanes of at least 4 members (excludes halogenated alkanes) is 14. The molecule has 0 aromatic heterocycles. The number of aldehydes is 1. The largest absolute Gasteiger partial charge is 0.446 e. The van der Waals surface area contributed by atoms with Crippen molar-refractivity contribution >= 4 is 47.4 Å². The van der Waals surface area contributed by atoms with Crippen molar-refractivity contribution in [2.45, 2.75) is 311 Å². The third kappa shape index (κ3) is 26.9. The zero-order chi connectivity index (χ0) is 78.9. The van der Waals surface area contributed by atoms with E-state index in [-0.39, 0.29) is 35.1 Å². The highest BCUT2D eigenvalue weighted by molar-refractivity contribution is 8.00. The second-order valence-corrected chi connectivity index (χ2v) is 28.5. The number of carbonyl (C=O) groups excluding carboxylic acids is 5. The lowest BCUT2D eigenvalue weighted by atomic mass is 9.88. The minimum Gasteiger partial charge on any atom is -0.394 e. The molecule has 5 heterocycles. The van der Waals surface area contributed by atoms with Crippen molar-refractivity contribution < 1.29 is 166 Å². The van der Waals surface area contributed by atoms with Crippen LogP contribution in [0.1, 0.15) is 130 Å². The van der Waals surface area contributed by atoms with Crippen molar-refractivity contribution in [2.75, 3.05) is 45.0 Å². The fourth-order valence-electron chi connectivity index (χ4n) is 13.2. The van der Waals surface area contributed by atoms with Crippen LogP contribution in [0.2, 0.25) is 0 Å². The Balaban J connectivity index is 1.25. The van der Waals surface area contributed by atoms with Crippen LogP contribution in [0, 0.1) is 0 Å². The van der Waals surface area contributed by atoms with Gasteiger partial charge in [-0.25, -0.2) is 0 Å². The van der Waals surface area contributed by atoms with Crippen LogP contribution in [-0.4, -0.2) is 328 Å². The van der Waals surface area contributed by atoms with Crippen LogP contribution in [0.25, 0.3) is 0 Å². The minimum absolute atomic E-state index is 0.0288. The normalized spacial score (nSPS) is 34.7. The highest BCUT2D eigenvalue weighted by atomic mass is 32.2. The Morgan fingerprint density at radius 1 is 0.598 bits per heavy atom. The Morgan fingerprint density at radius 3 is 1.64 bits per heavy atom. The number of aliphatic hydroxyl groups is 16. The summed E-state index contributed by atoms with van der Waals surface area (Å²) in [5.74, 6) is -6.21. The number of benzene rings is 1. The van der Waals surface area contributed by atoms with Crippen molar-refractivity contribution in [1.29, 1.82) is 0 Å². The molecular formula is C68H109F3N4O31S. The van der Waals surface area contributed by atoms with Crippen LogP contribution in [0.5, 0.6) is 0 Å². The molecule has 35 nitrogen and oxygen atoms in total. The molecule has 39 heteroatoms. The smallest absolute Gasteiger partial charge is 0.394 e. The molecule has 20 N–H and O–H groups in total. The molecule has 5 saturated heterocycles. The number of thioether (sulfide) groups is 1. The average molecular weight is 1570 g/mol. The van der Waals surface area contributed by atoms with Gasteiger partial charge in [-0.05, 0) is 48.5 Å². The number of nitrogens with one attached hydrogen (secondary N) is 4. The summed E-state index contributed by atoms with van der Waals surface area (Å²) in [6.07, 6.45) is -33.1. The average Bonchev–Trinajstić information content (AvgIpc) is 0.763. The van der Waals surface area contributed by atoms with Crippen LogP contribution in [-0.2, 0) is 71.3 Å². The summed E-state index contributed by atoms with van der Waals surface area (Å²) in [5.41, 5.74) is -4.49. The summed E-state index contributed by atoms with van der Waals surface area (Å²) < 4.78 is 98.8. The highest BCUT2D eigenvalue weighted by Gasteiger charge is 2.60. The molecule has 5 aliphatic heterocycles. The first-order valence-electron chi connectivity index (χ1n) is 36.1. The monoisotopic (exact) mass is 1570 g/mol. The minimum atomic E-state index is -4.57. The molecule has 0 saturated carbocycles. The van der Waals surface area contributed by atoms with Gasteiger partial charge in [-0.15, -0.1) is 0 Å². The molecule has 0 bridgehead atoms. The van der Waals surface area contributed by atoms with E-state index in [2.05, 4.69) is 28.2 Å². The quantitative estimate of drug-likeness (QED) is 0.0131. The van der Waals surface area contributed by atoms with E-state index >= 15 is 0 Å². The van der Waals surface area contributed by atoms with Gasteiger partial charge in [0.2, 0.25) is 29.4 Å². The van der Waals surface area contributed by atoms with Crippen LogP contribution in [0.3, 0.4) is 0 Å². The Morgan fingerprint density at radius 2 is 1.09 bits per heavy atom. The van der Waals surface area contributed by atoms with E-state index in [1.54, 1.807) is 0 Å². The van der Waals surface area contributed by atoms with Crippen molar-refractivity contribution in [3.63, 3.8) is 0 Å². The maximum Gasteiger partial charge on any atom is 0.446 e. The SMILES string of the molecule is CCCCCCCCCCCCCCCCCC(=O)N[C@@H](CO[C@@H]1OC(CO)[C@@H](O[C@@H]2OC(CO)[C@H](O[C@@H]3OC(CO)[C@H](O)C(O[C@@H]4OC(CO)[C@H](O)C(O)C4O)C3NC(C)=O)C(O[C@]3(C=O)CC(O)[C@@H](NC(C)=O)C([C@H](O)[C@H](O)CO)O3)C2O)C(O)C1O)[C@H](O)/C=C/C(=O)Nc1ccc(SC(F)(F)F)cc1. The lowest BCUT2D eigenvalue weighted by Gasteiger charge is -2.52. The molecule has 0 spiro atoms. The maximum absolute atomic E-state index is 13.6. The first-order chi connectivity index (χ1) is 50.9. The standard InChI is InChI=1S/C68H109F3N4O31S/c1-4-5-6-7-8-9-10-11-12-13-14-15-16-17-18-19-46(87)75-38(39(84)24-25-47(88)74-36-20-22-37(23-21-36)107-68(69,70)71)32-97-64-56(95)54(93)58(44(30-79)100-64)102-66-57(96)62(106-67(33-81)26-40(85)48(72-34(2)82)61(105-67)50(89)41(86)27-76)59(45(31-80)101-66)103-63-49(73-35(3)83)60(52(91)43(29-78)98-63)104-65-55(94)53(92)51(90)42(28-77)99-65/h20-25,33,38-45,48-66,76-80,84-86,89-96H,4-19,26-32H2,1-3H3,(H,72,82)(H,73,83)(H,74,88)(H,75,87)/b25-24+/t38-,39+,40?,41+,42?,43?,44?,45?,48+,49?,50+,51-,52-,53?,54?,55?,56?,57?,58+,59-,60?,61?,62?,63-,64+,65-,66-,67-/m0/s1. The number of ether oxygens (including phenoxy) is 10. The van der Waals surface area contributed by atoms with Crippen molar-refractivity contribution in [3.05, 3.63) is 36.4 Å². The number of anilines is 1. The van der Waals surface area contributed by atoms with E-state index in [4.69, 9.17) is 47.4 Å². The molecule has 614 valence electrons. The van der Waals surface area contributed by atoms with Crippen LogP contribution in [0.15, 0.2) is 41.3 Å². The zero-order valence-electron chi connectivity index (χ0n) is 59.7. The molecule has 28 atom stereocenters. The number of hydrogen-bond acceptors (Lipinski definition) is 32. The summed E-state index contributed by atoms with van der Waals surface area (Å²) in [5, 5.41) is 187. The number of aliphatic hydroxyl groups excluding tert-OH is 16. The molecule has 107 heavy (non-hydrogen) atoms. The van der Waals surface area contributed by atoms with Gasteiger partial charge in [0, 0.05) is 43.3 Å². The fraction of sp³-hybridized carbons (Fsp3) is 0.809. The molecule has 0 aliphatic carbocycles. The number of rotatable bonds is 43. The van der Waals surface area contributed by atoms with E-state index in [1.165, 1.54) is 63.5 Å². The van der Waals surface area contributed by atoms with Crippen LogP contribution < -0.4 is 21.3 Å². The molecular weight excluding hydrogens is 1460 g/mol. The molecule has 0 radical (unpaired) electrons. The van der Waals surface area contributed by atoms with E-state index < -0.39 is 246 Å². The van der Waals surface area contributed by atoms with Crippen molar-refractivity contribution in [2.24, 2.45) is 0 Å². The first-order valence-corrected chi connectivity index (χ1v) is 36.9. The van der Waals surface area contributed by atoms with E-state index in [9.17, 15) is 119 Å². The summed E-state index contributed by atoms with van der Waals surface area (Å²) >= 11 is -0.372. The van der Waals surface area contributed by atoms with E-state index in [0.717, 1.165) is 70.2 Å². The first kappa shape index (κ1) is 91.5. The third-order valence-corrected chi connectivity index (χ3v) is 19.7. The molecule has 14 unspecified atom stereocenters. The fourth-order valence-corrected chi connectivity index (χ4v) is 13.8. The molecule has 6 rings (SSSR count). The lowest BCUT2D eigenvalue weighted by molar-refractivity contribution is -0.400. The van der Waals surface area contributed by atoms with Crippen LogP contribution in [0.4, 0.5) is 18.9 Å². The Kier molecular flexibility index (Phi) is 38.3. The molecule has 5 aliphatic rings. The summed E-state index contributed by atoms with van der Waals surface area (Å²) in [7, 11) is 0. The van der Waals surface area contributed by atoms with Gasteiger partial charge in [-0.3, -0.25) is 24.0 Å². The van der Waals surface area contributed by atoms with Gasteiger partial charge in [0.05, 0.1) is 63.9 Å². The number of alkyl halides is 3. The summed E-state index contributed by atoms with van der Waals surface area (Å²) in [6.45, 7) is -2.22. The van der Waals surface area contributed by atoms with Crippen LogP contribution >= 0.6 is 11.8 Å². The van der Waals surface area contributed by atoms with Gasteiger partial charge in [0.1, 0.15) is 116 Å². The highest BCUT2D eigenvalue weighted by Crippen LogP contribution is 2.41. The number of carbonyl (C=O) groups is 5. The van der Waals surface area contributed by atoms with Gasteiger partial charge in [0.15, 0.2) is 31.4 Å². The number of halogens is 3. The van der Waals surface area contributed by atoms with Gasteiger partial charge in [0.25, 0.3) is 0 Å². The molecule has 5 fully saturated rings. The van der Waals surface area contributed by atoms with Crippen molar-refractivity contribution in [3.8, 4) is 0 Å². The number of amides is 4. The Hall–Kier alpha value is -4.39. The summed E-state index contributed by atoms with van der Waals surface area (Å²) in [4.78, 5) is 65.5. The number of hydrogen-bond donors (Lipinski definition) is 20.